The second-order valence-corrected chi connectivity index (χ2v) is 5.60. The molecule has 1 aliphatic heterocycles. The molecule has 6 heteroatoms. The van der Waals surface area contributed by atoms with Crippen molar-refractivity contribution in [1.82, 2.24) is 4.90 Å². The summed E-state index contributed by atoms with van der Waals surface area (Å²) in [5, 5.41) is 9.38. The molecule has 2 rings (SSSR count). The van der Waals surface area contributed by atoms with E-state index >= 15 is 0 Å². The van der Waals surface area contributed by atoms with Crippen LogP contribution in [-0.4, -0.2) is 59.7 Å². The van der Waals surface area contributed by atoms with Crippen molar-refractivity contribution in [2.45, 2.75) is 6.04 Å². The standard InChI is InChI=1S/C14H17NO4S/c1-19-14(18)12-5-3-2-4-11(12)13(17)15-6-7-20-9-10(15)8-16/h2-5,10,16H,6-9H2,1H3. The van der Waals surface area contributed by atoms with Crippen LogP contribution >= 0.6 is 11.8 Å². The lowest BCUT2D eigenvalue weighted by atomic mass is 10.1. The molecule has 5 nitrogen and oxygen atoms in total. The molecule has 1 aliphatic rings. The first kappa shape index (κ1) is 14.9. The molecule has 1 N–H and O–H groups in total. The van der Waals surface area contributed by atoms with Gasteiger partial charge in [-0.05, 0) is 12.1 Å². The minimum absolute atomic E-state index is 0.0703. The summed E-state index contributed by atoms with van der Waals surface area (Å²) in [6.45, 7) is 0.503. The number of thioether (sulfide) groups is 1. The van der Waals surface area contributed by atoms with Gasteiger partial charge in [0.2, 0.25) is 0 Å². The monoisotopic (exact) mass is 295 g/mol. The quantitative estimate of drug-likeness (QED) is 0.844. The average molecular weight is 295 g/mol. The number of aliphatic hydroxyl groups excluding tert-OH is 1. The first-order chi connectivity index (χ1) is 9.69. The molecule has 1 saturated heterocycles. The van der Waals surface area contributed by atoms with Gasteiger partial charge < -0.3 is 14.7 Å². The van der Waals surface area contributed by atoms with Crippen LogP contribution in [0.2, 0.25) is 0 Å². The molecule has 0 radical (unpaired) electrons. The molecule has 0 bridgehead atoms. The minimum atomic E-state index is -0.527. The summed E-state index contributed by atoms with van der Waals surface area (Å²) in [5.41, 5.74) is 0.583. The first-order valence-corrected chi connectivity index (χ1v) is 7.51. The minimum Gasteiger partial charge on any atom is -0.465 e. The lowest BCUT2D eigenvalue weighted by molar-refractivity contribution is 0.0572. The Morgan fingerprint density at radius 2 is 2.10 bits per heavy atom. The summed E-state index contributed by atoms with van der Waals surface area (Å²) in [4.78, 5) is 26.0. The van der Waals surface area contributed by atoms with E-state index in [1.54, 1.807) is 40.9 Å². The van der Waals surface area contributed by atoms with Crippen molar-refractivity contribution >= 4 is 23.6 Å². The molecule has 0 spiro atoms. The van der Waals surface area contributed by atoms with E-state index in [1.165, 1.54) is 7.11 Å². The normalized spacial score (nSPS) is 18.7. The number of rotatable bonds is 3. The van der Waals surface area contributed by atoms with Gasteiger partial charge in [0.15, 0.2) is 0 Å². The van der Waals surface area contributed by atoms with Gasteiger partial charge in [-0.1, -0.05) is 12.1 Å². The van der Waals surface area contributed by atoms with E-state index in [9.17, 15) is 14.7 Å². The van der Waals surface area contributed by atoms with Gasteiger partial charge in [-0.3, -0.25) is 4.79 Å². The Labute approximate surface area is 121 Å². The zero-order valence-corrected chi connectivity index (χ0v) is 12.1. The number of methoxy groups -OCH3 is 1. The molecule has 1 aromatic carbocycles. The molecule has 1 heterocycles. The van der Waals surface area contributed by atoms with Crippen molar-refractivity contribution in [3.8, 4) is 0 Å². The maximum atomic E-state index is 12.6. The third-order valence-corrected chi connectivity index (χ3v) is 4.35. The molecule has 1 amide bonds. The van der Waals surface area contributed by atoms with E-state index in [-0.39, 0.29) is 24.1 Å². The molecular formula is C14H17NO4S. The Kier molecular flexibility index (Phi) is 5.03. The van der Waals surface area contributed by atoms with Crippen LogP contribution in [0.4, 0.5) is 0 Å². The second kappa shape index (κ2) is 6.76. The van der Waals surface area contributed by atoms with Crippen LogP contribution in [0.5, 0.6) is 0 Å². The molecule has 0 saturated carbocycles. The van der Waals surface area contributed by atoms with Crippen molar-refractivity contribution in [2.24, 2.45) is 0 Å². The van der Waals surface area contributed by atoms with Crippen LogP contribution in [0, 0.1) is 0 Å². The Morgan fingerprint density at radius 3 is 2.75 bits per heavy atom. The number of ether oxygens (including phenoxy) is 1. The first-order valence-electron chi connectivity index (χ1n) is 6.36. The zero-order valence-electron chi connectivity index (χ0n) is 11.2. The Hall–Kier alpha value is -1.53. The van der Waals surface area contributed by atoms with Crippen LogP contribution in [0.15, 0.2) is 24.3 Å². The highest BCUT2D eigenvalue weighted by Crippen LogP contribution is 2.20. The number of carbonyl (C=O) groups is 2. The highest BCUT2D eigenvalue weighted by molar-refractivity contribution is 7.99. The summed E-state index contributed by atoms with van der Waals surface area (Å²) in [6.07, 6.45) is 0. The fourth-order valence-corrected chi connectivity index (χ4v) is 3.24. The smallest absolute Gasteiger partial charge is 0.338 e. The summed E-state index contributed by atoms with van der Waals surface area (Å²) in [7, 11) is 1.29. The SMILES string of the molecule is COC(=O)c1ccccc1C(=O)N1CCSCC1CO. The van der Waals surface area contributed by atoms with E-state index in [1.807, 2.05) is 0 Å². The largest absolute Gasteiger partial charge is 0.465 e. The third-order valence-electron chi connectivity index (χ3n) is 3.26. The van der Waals surface area contributed by atoms with E-state index in [4.69, 9.17) is 4.74 Å². The molecule has 1 atom stereocenters. The highest BCUT2D eigenvalue weighted by atomic mass is 32.2. The number of benzene rings is 1. The molecular weight excluding hydrogens is 278 g/mol. The van der Waals surface area contributed by atoms with Gasteiger partial charge in [0.05, 0.1) is 30.9 Å². The van der Waals surface area contributed by atoms with Crippen molar-refractivity contribution in [1.29, 1.82) is 0 Å². The van der Waals surface area contributed by atoms with Gasteiger partial charge in [0, 0.05) is 18.1 Å². The average Bonchev–Trinajstić information content (AvgIpc) is 2.53. The maximum absolute atomic E-state index is 12.6. The molecule has 108 valence electrons. The lowest BCUT2D eigenvalue weighted by Crippen LogP contribution is -2.48. The summed E-state index contributed by atoms with van der Waals surface area (Å²) in [6, 6.07) is 6.40. The number of amides is 1. The predicted molar refractivity (Wildman–Crippen MR) is 77.0 cm³/mol. The van der Waals surface area contributed by atoms with Crippen LogP contribution in [-0.2, 0) is 4.74 Å². The fraction of sp³-hybridized carbons (Fsp3) is 0.429. The van der Waals surface area contributed by atoms with E-state index in [2.05, 4.69) is 0 Å². The lowest BCUT2D eigenvalue weighted by Gasteiger charge is -2.34. The predicted octanol–water partition coefficient (Wildman–Crippen LogP) is 1.02. The fourth-order valence-electron chi connectivity index (χ4n) is 2.19. The number of hydrogen-bond acceptors (Lipinski definition) is 5. The van der Waals surface area contributed by atoms with E-state index in [0.29, 0.717) is 17.9 Å². The Balaban J connectivity index is 2.30. The van der Waals surface area contributed by atoms with Crippen molar-refractivity contribution < 1.29 is 19.4 Å². The second-order valence-electron chi connectivity index (χ2n) is 4.45. The Bertz CT molecular complexity index is 506. The van der Waals surface area contributed by atoms with Crippen LogP contribution < -0.4 is 0 Å². The van der Waals surface area contributed by atoms with Crippen LogP contribution in [0.3, 0.4) is 0 Å². The number of esters is 1. The summed E-state index contributed by atoms with van der Waals surface area (Å²) < 4.78 is 4.70. The van der Waals surface area contributed by atoms with Crippen LogP contribution in [0.1, 0.15) is 20.7 Å². The van der Waals surface area contributed by atoms with Gasteiger partial charge in [-0.25, -0.2) is 4.79 Å². The molecule has 0 aliphatic carbocycles. The number of hydrogen-bond donors (Lipinski definition) is 1. The van der Waals surface area contributed by atoms with Crippen LogP contribution in [0.25, 0.3) is 0 Å². The molecule has 1 fully saturated rings. The summed E-state index contributed by atoms with van der Waals surface area (Å²) in [5.74, 6) is 0.789. The van der Waals surface area contributed by atoms with Gasteiger partial charge in [-0.2, -0.15) is 11.8 Å². The topological polar surface area (TPSA) is 66.8 Å². The zero-order chi connectivity index (χ0) is 14.5. The molecule has 1 unspecified atom stereocenters. The molecule has 1 aromatic rings. The van der Waals surface area contributed by atoms with Gasteiger partial charge in [0.25, 0.3) is 5.91 Å². The number of carbonyl (C=O) groups excluding carboxylic acids is 2. The Morgan fingerprint density at radius 1 is 1.40 bits per heavy atom. The van der Waals surface area contributed by atoms with Gasteiger partial charge in [-0.15, -0.1) is 0 Å². The number of nitrogens with zero attached hydrogens (tertiary/aromatic N) is 1. The third kappa shape index (κ3) is 2.96. The molecule has 0 aromatic heterocycles. The highest BCUT2D eigenvalue weighted by Gasteiger charge is 2.29. The van der Waals surface area contributed by atoms with Crippen molar-refractivity contribution in [3.05, 3.63) is 35.4 Å². The van der Waals surface area contributed by atoms with Crippen molar-refractivity contribution in [3.63, 3.8) is 0 Å². The summed E-state index contributed by atoms with van der Waals surface area (Å²) >= 11 is 1.71. The van der Waals surface area contributed by atoms with E-state index < -0.39 is 5.97 Å². The maximum Gasteiger partial charge on any atom is 0.338 e. The van der Waals surface area contributed by atoms with Gasteiger partial charge >= 0.3 is 5.97 Å². The van der Waals surface area contributed by atoms with E-state index in [0.717, 1.165) is 5.75 Å². The van der Waals surface area contributed by atoms with Crippen molar-refractivity contribution in [2.75, 3.05) is 31.8 Å². The number of aliphatic hydroxyl groups is 1. The molecule has 20 heavy (non-hydrogen) atoms. The van der Waals surface area contributed by atoms with Gasteiger partial charge in [0.1, 0.15) is 0 Å².